The van der Waals surface area contributed by atoms with Gasteiger partial charge in [-0.3, -0.25) is 4.79 Å². The highest BCUT2D eigenvalue weighted by Crippen LogP contribution is 2.35. The van der Waals surface area contributed by atoms with E-state index in [4.69, 9.17) is 9.47 Å². The lowest BCUT2D eigenvalue weighted by Gasteiger charge is -2.17. The van der Waals surface area contributed by atoms with E-state index in [9.17, 15) is 4.79 Å². The molecule has 1 aliphatic carbocycles. The molecule has 0 spiro atoms. The van der Waals surface area contributed by atoms with Crippen molar-refractivity contribution in [2.75, 3.05) is 20.8 Å². The molecule has 0 aromatic heterocycles. The Kier molecular flexibility index (Phi) is 5.64. The van der Waals surface area contributed by atoms with Crippen LogP contribution in [0.2, 0.25) is 0 Å². The number of amides is 1. The molecule has 2 rings (SSSR count). The zero-order chi connectivity index (χ0) is 15.9. The Labute approximate surface area is 131 Å². The van der Waals surface area contributed by atoms with Crippen molar-refractivity contribution in [3.63, 3.8) is 0 Å². The molecule has 0 fully saturated rings. The van der Waals surface area contributed by atoms with Crippen molar-refractivity contribution in [2.24, 2.45) is 0 Å². The van der Waals surface area contributed by atoms with Gasteiger partial charge in [-0.1, -0.05) is 19.1 Å². The fourth-order valence-corrected chi connectivity index (χ4v) is 2.46. The molecule has 0 aliphatic heterocycles. The van der Waals surface area contributed by atoms with Crippen molar-refractivity contribution in [1.29, 1.82) is 0 Å². The Morgan fingerprint density at radius 1 is 1.23 bits per heavy atom. The largest absolute Gasteiger partial charge is 0.493 e. The van der Waals surface area contributed by atoms with Gasteiger partial charge in [0.1, 0.15) is 0 Å². The van der Waals surface area contributed by atoms with E-state index < -0.39 is 0 Å². The van der Waals surface area contributed by atoms with Crippen LogP contribution in [-0.2, 0) is 11.2 Å². The molecule has 118 valence electrons. The summed E-state index contributed by atoms with van der Waals surface area (Å²) in [6.07, 6.45) is 8.39. The van der Waals surface area contributed by atoms with Crippen LogP contribution in [0.25, 0.3) is 6.08 Å². The summed E-state index contributed by atoms with van der Waals surface area (Å²) >= 11 is 0. The number of benzene rings is 1. The minimum absolute atomic E-state index is 0.0409. The van der Waals surface area contributed by atoms with Gasteiger partial charge in [0.05, 0.1) is 14.2 Å². The molecular weight excluding hydrogens is 278 g/mol. The number of rotatable bonds is 6. The lowest BCUT2D eigenvalue weighted by molar-refractivity contribution is -0.116. The van der Waals surface area contributed by atoms with Crippen molar-refractivity contribution in [2.45, 2.75) is 26.2 Å². The lowest BCUT2D eigenvalue weighted by Crippen LogP contribution is -2.21. The average molecular weight is 301 g/mol. The van der Waals surface area contributed by atoms with Crippen molar-refractivity contribution in [3.05, 3.63) is 41.0 Å². The molecule has 4 nitrogen and oxygen atoms in total. The van der Waals surface area contributed by atoms with E-state index in [-0.39, 0.29) is 5.91 Å². The fourth-order valence-electron chi connectivity index (χ4n) is 2.46. The Morgan fingerprint density at radius 2 is 1.95 bits per heavy atom. The van der Waals surface area contributed by atoms with Gasteiger partial charge in [0, 0.05) is 12.6 Å². The molecular formula is C18H23NO3. The first kappa shape index (κ1) is 16.1. The van der Waals surface area contributed by atoms with Crippen molar-refractivity contribution >= 4 is 12.0 Å². The van der Waals surface area contributed by atoms with Crippen LogP contribution in [0.15, 0.2) is 29.9 Å². The first-order valence-electron chi connectivity index (χ1n) is 7.59. The molecule has 1 amide bonds. The van der Waals surface area contributed by atoms with Crippen molar-refractivity contribution < 1.29 is 14.3 Å². The second-order valence-electron chi connectivity index (χ2n) is 5.25. The standard InChI is InChI=1S/C18H23NO3/c1-4-9-19-18(20)8-6-13-5-7-14-11-16(21-2)17(22-3)12-15(14)10-13/h6,8,10-12H,4-5,7,9H2,1-3H3,(H,19,20). The number of allylic oxidation sites excluding steroid dienone is 2. The van der Waals surface area contributed by atoms with Gasteiger partial charge < -0.3 is 14.8 Å². The maximum absolute atomic E-state index is 11.6. The highest BCUT2D eigenvalue weighted by molar-refractivity contribution is 5.88. The first-order chi connectivity index (χ1) is 10.7. The van der Waals surface area contributed by atoms with E-state index >= 15 is 0 Å². The van der Waals surface area contributed by atoms with Crippen LogP contribution in [0.1, 0.15) is 30.9 Å². The predicted octanol–water partition coefficient (Wildman–Crippen LogP) is 3.12. The SMILES string of the molecule is CCCNC(=O)C=CC1=Cc2cc(OC)c(OC)cc2CC1. The van der Waals surface area contributed by atoms with Crippen molar-refractivity contribution in [1.82, 2.24) is 5.32 Å². The molecule has 22 heavy (non-hydrogen) atoms. The fraction of sp³-hybridized carbons (Fsp3) is 0.389. The summed E-state index contributed by atoms with van der Waals surface area (Å²) < 4.78 is 10.7. The molecule has 1 aliphatic rings. The van der Waals surface area contributed by atoms with E-state index in [1.165, 1.54) is 5.56 Å². The normalized spacial score (nSPS) is 13.5. The zero-order valence-electron chi connectivity index (χ0n) is 13.4. The van der Waals surface area contributed by atoms with Crippen LogP contribution < -0.4 is 14.8 Å². The van der Waals surface area contributed by atoms with Crippen LogP contribution in [0.3, 0.4) is 0 Å². The van der Waals surface area contributed by atoms with E-state index in [2.05, 4.69) is 11.4 Å². The Balaban J connectivity index is 2.16. The number of fused-ring (bicyclic) bond motifs is 1. The smallest absolute Gasteiger partial charge is 0.243 e. The van der Waals surface area contributed by atoms with Gasteiger partial charge in [-0.25, -0.2) is 0 Å². The quantitative estimate of drug-likeness (QED) is 0.821. The molecule has 1 N–H and O–H groups in total. The average Bonchev–Trinajstić information content (AvgIpc) is 2.56. The van der Waals surface area contributed by atoms with Crippen LogP contribution in [0, 0.1) is 0 Å². The summed E-state index contributed by atoms with van der Waals surface area (Å²) in [4.78, 5) is 11.6. The number of hydrogen-bond donors (Lipinski definition) is 1. The van der Waals surface area contributed by atoms with Crippen LogP contribution in [0.4, 0.5) is 0 Å². The highest BCUT2D eigenvalue weighted by Gasteiger charge is 2.14. The van der Waals surface area contributed by atoms with Gasteiger partial charge in [0.15, 0.2) is 11.5 Å². The molecule has 0 saturated carbocycles. The van der Waals surface area contributed by atoms with Crippen LogP contribution >= 0.6 is 0 Å². The van der Waals surface area contributed by atoms with Gasteiger partial charge >= 0.3 is 0 Å². The Hall–Kier alpha value is -2.23. The number of carbonyl (C=O) groups is 1. The lowest BCUT2D eigenvalue weighted by atomic mass is 9.91. The number of ether oxygens (including phenoxy) is 2. The molecule has 0 unspecified atom stereocenters. The van der Waals surface area contributed by atoms with Gasteiger partial charge in [0.25, 0.3) is 0 Å². The maximum Gasteiger partial charge on any atom is 0.243 e. The molecule has 0 heterocycles. The van der Waals surface area contributed by atoms with Crippen molar-refractivity contribution in [3.8, 4) is 11.5 Å². The van der Waals surface area contributed by atoms with E-state index in [0.717, 1.165) is 41.9 Å². The summed E-state index contributed by atoms with van der Waals surface area (Å²) in [6, 6.07) is 4.01. The molecule has 0 radical (unpaired) electrons. The Morgan fingerprint density at radius 3 is 2.64 bits per heavy atom. The number of aryl methyl sites for hydroxylation is 1. The molecule has 1 aromatic carbocycles. The minimum atomic E-state index is -0.0409. The van der Waals surface area contributed by atoms with E-state index in [1.807, 2.05) is 25.1 Å². The summed E-state index contributed by atoms with van der Waals surface area (Å²) in [7, 11) is 3.28. The molecule has 0 atom stereocenters. The third kappa shape index (κ3) is 3.91. The number of carbonyl (C=O) groups excluding carboxylic acids is 1. The summed E-state index contributed by atoms with van der Waals surface area (Å²) in [6.45, 7) is 2.74. The second kappa shape index (κ2) is 7.69. The topological polar surface area (TPSA) is 47.6 Å². The number of methoxy groups -OCH3 is 2. The summed E-state index contributed by atoms with van der Waals surface area (Å²) in [5, 5.41) is 2.83. The predicted molar refractivity (Wildman–Crippen MR) is 88.3 cm³/mol. The molecule has 0 saturated heterocycles. The highest BCUT2D eigenvalue weighted by atomic mass is 16.5. The zero-order valence-corrected chi connectivity index (χ0v) is 13.4. The maximum atomic E-state index is 11.6. The molecule has 4 heteroatoms. The Bertz CT molecular complexity index is 603. The monoisotopic (exact) mass is 301 g/mol. The van der Waals surface area contributed by atoms with E-state index in [1.54, 1.807) is 20.3 Å². The first-order valence-corrected chi connectivity index (χ1v) is 7.59. The number of hydrogen-bond acceptors (Lipinski definition) is 3. The summed E-state index contributed by atoms with van der Waals surface area (Å²) in [5.74, 6) is 1.44. The third-order valence-electron chi connectivity index (χ3n) is 3.67. The van der Waals surface area contributed by atoms with Crippen LogP contribution in [-0.4, -0.2) is 26.7 Å². The molecule has 1 aromatic rings. The van der Waals surface area contributed by atoms with Gasteiger partial charge in [0.2, 0.25) is 5.91 Å². The van der Waals surface area contributed by atoms with Gasteiger partial charge in [-0.05, 0) is 48.1 Å². The van der Waals surface area contributed by atoms with Gasteiger partial charge in [-0.15, -0.1) is 0 Å². The third-order valence-corrected chi connectivity index (χ3v) is 3.67. The second-order valence-corrected chi connectivity index (χ2v) is 5.25. The summed E-state index contributed by atoms with van der Waals surface area (Å²) in [5.41, 5.74) is 3.51. The number of nitrogens with one attached hydrogen (secondary N) is 1. The van der Waals surface area contributed by atoms with E-state index in [0.29, 0.717) is 6.54 Å². The minimum Gasteiger partial charge on any atom is -0.493 e. The molecule has 0 bridgehead atoms. The van der Waals surface area contributed by atoms with Gasteiger partial charge in [-0.2, -0.15) is 0 Å². The van der Waals surface area contributed by atoms with Crippen LogP contribution in [0.5, 0.6) is 11.5 Å².